The van der Waals surface area contributed by atoms with Gasteiger partial charge in [-0.2, -0.15) is 0 Å². The van der Waals surface area contributed by atoms with Crippen LogP contribution in [0.25, 0.3) is 0 Å². The summed E-state index contributed by atoms with van der Waals surface area (Å²) in [6.45, 7) is 3.82. The summed E-state index contributed by atoms with van der Waals surface area (Å²) >= 11 is 0. The first kappa shape index (κ1) is 10.3. The van der Waals surface area contributed by atoms with E-state index in [-0.39, 0.29) is 11.9 Å². The Balaban J connectivity index is 2.17. The Hall–Kier alpha value is -1.25. The molecular formula is C12H15FO2. The Labute approximate surface area is 89.0 Å². The van der Waals surface area contributed by atoms with Crippen molar-refractivity contribution in [3.8, 4) is 11.5 Å². The van der Waals surface area contributed by atoms with Crippen molar-refractivity contribution in [2.24, 2.45) is 0 Å². The molecule has 0 saturated heterocycles. The standard InChI is InChI=1S/C12H15FO2/c1-8(2)14-12-7-9(13)3-6-11(12)15-10-4-5-10/h3,6-8,10H,4-5H2,1-2H3. The SMILES string of the molecule is CC(C)Oc1cc(F)ccc1OC1CC1. The van der Waals surface area contributed by atoms with E-state index in [9.17, 15) is 4.39 Å². The van der Waals surface area contributed by atoms with Crippen LogP contribution in [0.3, 0.4) is 0 Å². The number of hydrogen-bond donors (Lipinski definition) is 0. The van der Waals surface area contributed by atoms with Crippen LogP contribution in [0.2, 0.25) is 0 Å². The van der Waals surface area contributed by atoms with E-state index in [0.29, 0.717) is 17.6 Å². The molecule has 3 heteroatoms. The molecule has 1 aromatic rings. The fourth-order valence-electron chi connectivity index (χ4n) is 1.29. The van der Waals surface area contributed by atoms with E-state index in [1.807, 2.05) is 13.8 Å². The highest BCUT2D eigenvalue weighted by Gasteiger charge is 2.25. The van der Waals surface area contributed by atoms with Crippen molar-refractivity contribution in [3.05, 3.63) is 24.0 Å². The normalized spacial score (nSPS) is 15.5. The third-order valence-electron chi connectivity index (χ3n) is 2.09. The molecule has 2 rings (SSSR count). The molecule has 0 radical (unpaired) electrons. The van der Waals surface area contributed by atoms with Crippen LogP contribution >= 0.6 is 0 Å². The summed E-state index contributed by atoms with van der Waals surface area (Å²) in [4.78, 5) is 0. The summed E-state index contributed by atoms with van der Waals surface area (Å²) in [5.41, 5.74) is 0. The Morgan fingerprint density at radius 1 is 1.27 bits per heavy atom. The molecule has 0 bridgehead atoms. The molecule has 1 aliphatic rings. The van der Waals surface area contributed by atoms with Crippen molar-refractivity contribution in [2.45, 2.75) is 38.9 Å². The van der Waals surface area contributed by atoms with E-state index in [2.05, 4.69) is 0 Å². The van der Waals surface area contributed by atoms with Gasteiger partial charge in [-0.3, -0.25) is 0 Å². The zero-order valence-electron chi connectivity index (χ0n) is 9.00. The maximum Gasteiger partial charge on any atom is 0.164 e. The summed E-state index contributed by atoms with van der Waals surface area (Å²) < 4.78 is 24.1. The summed E-state index contributed by atoms with van der Waals surface area (Å²) in [6.07, 6.45) is 2.48. The Kier molecular flexibility index (Phi) is 2.80. The second-order valence-corrected chi connectivity index (χ2v) is 4.07. The highest BCUT2D eigenvalue weighted by atomic mass is 19.1. The molecule has 15 heavy (non-hydrogen) atoms. The lowest BCUT2D eigenvalue weighted by Gasteiger charge is -2.14. The van der Waals surface area contributed by atoms with Gasteiger partial charge in [0.05, 0.1) is 12.2 Å². The van der Waals surface area contributed by atoms with Gasteiger partial charge in [0.15, 0.2) is 11.5 Å². The van der Waals surface area contributed by atoms with Gasteiger partial charge in [0, 0.05) is 6.07 Å². The first-order valence-corrected chi connectivity index (χ1v) is 5.28. The van der Waals surface area contributed by atoms with E-state index in [0.717, 1.165) is 12.8 Å². The van der Waals surface area contributed by atoms with Gasteiger partial charge in [0.2, 0.25) is 0 Å². The molecule has 0 N–H and O–H groups in total. The number of benzene rings is 1. The highest BCUT2D eigenvalue weighted by Crippen LogP contribution is 2.34. The quantitative estimate of drug-likeness (QED) is 0.760. The molecule has 0 amide bonds. The van der Waals surface area contributed by atoms with Crippen LogP contribution in [0.15, 0.2) is 18.2 Å². The number of ether oxygens (including phenoxy) is 2. The average Bonchev–Trinajstić information content (AvgIpc) is 2.92. The highest BCUT2D eigenvalue weighted by molar-refractivity contribution is 5.40. The topological polar surface area (TPSA) is 18.5 Å². The lowest BCUT2D eigenvalue weighted by atomic mass is 10.3. The van der Waals surface area contributed by atoms with Crippen LogP contribution < -0.4 is 9.47 Å². The van der Waals surface area contributed by atoms with Gasteiger partial charge in [-0.1, -0.05) is 0 Å². The minimum absolute atomic E-state index is 0.0216. The predicted molar refractivity (Wildman–Crippen MR) is 55.8 cm³/mol. The lowest BCUT2D eigenvalue weighted by molar-refractivity contribution is 0.216. The van der Waals surface area contributed by atoms with Gasteiger partial charge in [-0.05, 0) is 38.8 Å². The molecule has 0 atom stereocenters. The van der Waals surface area contributed by atoms with Crippen molar-refractivity contribution in [1.29, 1.82) is 0 Å². The van der Waals surface area contributed by atoms with Gasteiger partial charge < -0.3 is 9.47 Å². The average molecular weight is 210 g/mol. The largest absolute Gasteiger partial charge is 0.487 e. The third-order valence-corrected chi connectivity index (χ3v) is 2.09. The van der Waals surface area contributed by atoms with Crippen LogP contribution in [0.4, 0.5) is 4.39 Å². The van der Waals surface area contributed by atoms with Gasteiger partial charge in [-0.15, -0.1) is 0 Å². The molecule has 0 heterocycles. The van der Waals surface area contributed by atoms with E-state index in [1.165, 1.54) is 12.1 Å². The van der Waals surface area contributed by atoms with Crippen LogP contribution in [0.1, 0.15) is 26.7 Å². The number of halogens is 1. The number of rotatable bonds is 4. The maximum absolute atomic E-state index is 13.0. The van der Waals surface area contributed by atoms with E-state index < -0.39 is 0 Å². The summed E-state index contributed by atoms with van der Waals surface area (Å²) in [6, 6.07) is 4.40. The summed E-state index contributed by atoms with van der Waals surface area (Å²) in [7, 11) is 0. The monoisotopic (exact) mass is 210 g/mol. The van der Waals surface area contributed by atoms with Crippen LogP contribution in [-0.4, -0.2) is 12.2 Å². The van der Waals surface area contributed by atoms with E-state index in [4.69, 9.17) is 9.47 Å². The van der Waals surface area contributed by atoms with Crippen LogP contribution in [-0.2, 0) is 0 Å². The van der Waals surface area contributed by atoms with Crippen molar-refractivity contribution < 1.29 is 13.9 Å². The fraction of sp³-hybridized carbons (Fsp3) is 0.500. The number of hydrogen-bond acceptors (Lipinski definition) is 2. The molecule has 1 saturated carbocycles. The zero-order valence-corrected chi connectivity index (χ0v) is 9.00. The smallest absolute Gasteiger partial charge is 0.164 e. The fourth-order valence-corrected chi connectivity index (χ4v) is 1.29. The predicted octanol–water partition coefficient (Wildman–Crippen LogP) is 3.15. The van der Waals surface area contributed by atoms with Gasteiger partial charge in [0.1, 0.15) is 5.82 Å². The van der Waals surface area contributed by atoms with Gasteiger partial charge in [-0.25, -0.2) is 4.39 Å². The zero-order chi connectivity index (χ0) is 10.8. The molecule has 1 aliphatic carbocycles. The summed E-state index contributed by atoms with van der Waals surface area (Å²) in [5.74, 6) is 0.846. The van der Waals surface area contributed by atoms with Crippen LogP contribution in [0, 0.1) is 5.82 Å². The Bertz CT molecular complexity index is 345. The molecular weight excluding hydrogens is 195 g/mol. The molecule has 82 valence electrons. The molecule has 0 aliphatic heterocycles. The molecule has 0 spiro atoms. The van der Waals surface area contributed by atoms with Crippen molar-refractivity contribution in [1.82, 2.24) is 0 Å². The van der Waals surface area contributed by atoms with E-state index in [1.54, 1.807) is 6.07 Å². The summed E-state index contributed by atoms with van der Waals surface area (Å²) in [5, 5.41) is 0. The Morgan fingerprint density at radius 2 is 2.00 bits per heavy atom. The minimum Gasteiger partial charge on any atom is -0.487 e. The van der Waals surface area contributed by atoms with Crippen molar-refractivity contribution in [3.63, 3.8) is 0 Å². The molecule has 1 aromatic carbocycles. The first-order chi connectivity index (χ1) is 7.15. The lowest BCUT2D eigenvalue weighted by Crippen LogP contribution is -2.08. The molecule has 1 fully saturated rings. The second-order valence-electron chi connectivity index (χ2n) is 4.07. The van der Waals surface area contributed by atoms with Gasteiger partial charge in [0.25, 0.3) is 0 Å². The maximum atomic E-state index is 13.0. The first-order valence-electron chi connectivity index (χ1n) is 5.28. The van der Waals surface area contributed by atoms with Gasteiger partial charge >= 0.3 is 0 Å². The van der Waals surface area contributed by atoms with Crippen molar-refractivity contribution in [2.75, 3.05) is 0 Å². The Morgan fingerprint density at radius 3 is 2.60 bits per heavy atom. The molecule has 0 unspecified atom stereocenters. The molecule has 0 aromatic heterocycles. The second kappa shape index (κ2) is 4.09. The molecule has 2 nitrogen and oxygen atoms in total. The van der Waals surface area contributed by atoms with Crippen LogP contribution in [0.5, 0.6) is 11.5 Å². The van der Waals surface area contributed by atoms with Crippen molar-refractivity contribution >= 4 is 0 Å². The third kappa shape index (κ3) is 2.85. The minimum atomic E-state index is -0.297. The van der Waals surface area contributed by atoms with E-state index >= 15 is 0 Å².